The van der Waals surface area contributed by atoms with Crippen LogP contribution >= 0.6 is 23.2 Å². The summed E-state index contributed by atoms with van der Waals surface area (Å²) in [5.41, 5.74) is 1.49. The smallest absolute Gasteiger partial charge is 0.197 e. The van der Waals surface area contributed by atoms with Crippen LogP contribution in [0.25, 0.3) is 11.5 Å². The van der Waals surface area contributed by atoms with Crippen molar-refractivity contribution in [3.63, 3.8) is 0 Å². The number of pyridine rings is 1. The number of aromatic nitrogens is 3. The molecule has 2 rings (SSSR count). The molecule has 0 spiro atoms. The van der Waals surface area contributed by atoms with Crippen LogP contribution in [0, 0.1) is 12.7 Å². The van der Waals surface area contributed by atoms with Gasteiger partial charge in [-0.3, -0.25) is 4.98 Å². The van der Waals surface area contributed by atoms with E-state index in [1.165, 1.54) is 0 Å². The van der Waals surface area contributed by atoms with Gasteiger partial charge in [0.1, 0.15) is 5.69 Å². The maximum atomic E-state index is 13.1. The SMILES string of the molecule is Cc1ccnc(-c2nc(Cl)c(F)c(Cl)n2)c1. The van der Waals surface area contributed by atoms with Crippen LogP contribution in [0.5, 0.6) is 0 Å². The minimum absolute atomic E-state index is 0.208. The van der Waals surface area contributed by atoms with E-state index >= 15 is 0 Å². The van der Waals surface area contributed by atoms with Crippen molar-refractivity contribution in [2.24, 2.45) is 0 Å². The monoisotopic (exact) mass is 257 g/mol. The number of hydrogen-bond acceptors (Lipinski definition) is 3. The van der Waals surface area contributed by atoms with Crippen molar-refractivity contribution < 1.29 is 4.39 Å². The number of hydrogen-bond donors (Lipinski definition) is 0. The standard InChI is InChI=1S/C10H6Cl2FN3/c1-5-2-3-14-6(4-5)10-15-8(11)7(13)9(12)16-10/h2-4H,1H3. The molecule has 3 nitrogen and oxygen atoms in total. The lowest BCUT2D eigenvalue weighted by molar-refractivity contribution is 0.615. The van der Waals surface area contributed by atoms with Gasteiger partial charge in [-0.25, -0.2) is 14.4 Å². The van der Waals surface area contributed by atoms with Gasteiger partial charge in [0.2, 0.25) is 0 Å². The first kappa shape index (κ1) is 11.2. The van der Waals surface area contributed by atoms with E-state index in [1.807, 2.05) is 13.0 Å². The number of rotatable bonds is 1. The van der Waals surface area contributed by atoms with Crippen molar-refractivity contribution in [3.8, 4) is 11.5 Å². The Bertz CT molecular complexity index is 522. The third kappa shape index (κ3) is 2.13. The van der Waals surface area contributed by atoms with Crippen molar-refractivity contribution >= 4 is 23.2 Å². The van der Waals surface area contributed by atoms with E-state index in [-0.39, 0.29) is 16.1 Å². The van der Waals surface area contributed by atoms with E-state index in [9.17, 15) is 4.39 Å². The number of aryl methyl sites for hydroxylation is 1. The third-order valence-electron chi connectivity index (χ3n) is 1.91. The molecule has 16 heavy (non-hydrogen) atoms. The third-order valence-corrected chi connectivity index (χ3v) is 2.42. The molecule has 0 saturated carbocycles. The van der Waals surface area contributed by atoms with Crippen LogP contribution in [0.3, 0.4) is 0 Å². The molecule has 0 bridgehead atoms. The zero-order valence-corrected chi connectivity index (χ0v) is 9.72. The molecule has 0 aromatic carbocycles. The molecule has 2 aromatic heterocycles. The Morgan fingerprint density at radius 2 is 1.81 bits per heavy atom. The quantitative estimate of drug-likeness (QED) is 0.736. The lowest BCUT2D eigenvalue weighted by Gasteiger charge is -2.02. The summed E-state index contributed by atoms with van der Waals surface area (Å²) in [6.07, 6.45) is 1.61. The first-order chi connectivity index (χ1) is 7.58. The first-order valence-corrected chi connectivity index (χ1v) is 5.15. The maximum Gasteiger partial charge on any atom is 0.197 e. The van der Waals surface area contributed by atoms with Gasteiger partial charge in [0.05, 0.1) is 0 Å². The average Bonchev–Trinajstić information content (AvgIpc) is 2.25. The number of halogens is 3. The Morgan fingerprint density at radius 3 is 2.38 bits per heavy atom. The fourth-order valence-corrected chi connectivity index (χ4v) is 1.55. The van der Waals surface area contributed by atoms with Crippen molar-refractivity contribution in [2.75, 3.05) is 0 Å². The summed E-state index contributed by atoms with van der Waals surface area (Å²) >= 11 is 11.1. The Morgan fingerprint density at radius 1 is 1.19 bits per heavy atom. The van der Waals surface area contributed by atoms with E-state index < -0.39 is 5.82 Å². The summed E-state index contributed by atoms with van der Waals surface area (Å²) < 4.78 is 13.1. The molecule has 0 saturated heterocycles. The largest absolute Gasteiger partial charge is 0.253 e. The van der Waals surface area contributed by atoms with Crippen molar-refractivity contribution in [1.29, 1.82) is 0 Å². The molecule has 0 amide bonds. The zero-order chi connectivity index (χ0) is 11.7. The van der Waals surface area contributed by atoms with Gasteiger partial charge in [-0.2, -0.15) is 0 Å². The second-order valence-electron chi connectivity index (χ2n) is 3.16. The molecule has 0 aliphatic rings. The minimum Gasteiger partial charge on any atom is -0.253 e. The summed E-state index contributed by atoms with van der Waals surface area (Å²) in [5, 5.41) is -0.614. The van der Waals surface area contributed by atoms with E-state index in [2.05, 4.69) is 15.0 Å². The molecule has 2 aromatic rings. The second kappa shape index (κ2) is 4.31. The predicted octanol–water partition coefficient (Wildman–Crippen LogP) is 3.29. The minimum atomic E-state index is -0.820. The molecule has 0 aliphatic heterocycles. The highest BCUT2D eigenvalue weighted by Gasteiger charge is 2.12. The van der Waals surface area contributed by atoms with Crippen molar-refractivity contribution in [1.82, 2.24) is 15.0 Å². The molecule has 0 N–H and O–H groups in total. The molecular formula is C10H6Cl2FN3. The predicted molar refractivity (Wildman–Crippen MR) is 60.0 cm³/mol. The van der Waals surface area contributed by atoms with Crippen molar-refractivity contribution in [2.45, 2.75) is 6.92 Å². The molecule has 0 radical (unpaired) electrons. The number of nitrogens with zero attached hydrogens (tertiary/aromatic N) is 3. The summed E-state index contributed by atoms with van der Waals surface area (Å²) in [5.74, 6) is -0.611. The fourth-order valence-electron chi connectivity index (χ4n) is 1.17. The topological polar surface area (TPSA) is 38.7 Å². The molecule has 0 atom stereocenters. The second-order valence-corrected chi connectivity index (χ2v) is 3.88. The van der Waals surface area contributed by atoms with Gasteiger partial charge in [-0.05, 0) is 24.6 Å². The van der Waals surface area contributed by atoms with Crippen LogP contribution in [0.2, 0.25) is 10.3 Å². The first-order valence-electron chi connectivity index (χ1n) is 4.39. The van der Waals surface area contributed by atoms with E-state index in [1.54, 1.807) is 12.3 Å². The van der Waals surface area contributed by atoms with E-state index in [0.29, 0.717) is 5.69 Å². The Kier molecular flexibility index (Phi) is 3.03. The highest BCUT2D eigenvalue weighted by Crippen LogP contribution is 2.23. The average molecular weight is 258 g/mol. The molecule has 82 valence electrons. The van der Waals surface area contributed by atoms with Gasteiger partial charge in [0.15, 0.2) is 21.9 Å². The Labute approximate surface area is 101 Å². The molecular weight excluding hydrogens is 252 g/mol. The zero-order valence-electron chi connectivity index (χ0n) is 8.21. The van der Waals surface area contributed by atoms with Gasteiger partial charge in [0.25, 0.3) is 0 Å². The maximum absolute atomic E-state index is 13.1. The van der Waals surface area contributed by atoms with E-state index in [0.717, 1.165) is 5.56 Å². The van der Waals surface area contributed by atoms with Gasteiger partial charge in [-0.15, -0.1) is 0 Å². The Balaban J connectivity index is 2.57. The highest BCUT2D eigenvalue weighted by atomic mass is 35.5. The van der Waals surface area contributed by atoms with Crippen LogP contribution < -0.4 is 0 Å². The lowest BCUT2D eigenvalue weighted by Crippen LogP contribution is -1.96. The normalized spacial score (nSPS) is 10.5. The lowest BCUT2D eigenvalue weighted by atomic mass is 10.2. The Hall–Kier alpha value is -1.26. The van der Waals surface area contributed by atoms with Gasteiger partial charge in [0, 0.05) is 6.20 Å². The van der Waals surface area contributed by atoms with E-state index in [4.69, 9.17) is 23.2 Å². The van der Waals surface area contributed by atoms with Crippen LogP contribution in [-0.4, -0.2) is 15.0 Å². The van der Waals surface area contributed by atoms with Gasteiger partial charge < -0.3 is 0 Å². The molecule has 6 heteroatoms. The van der Waals surface area contributed by atoms with Crippen LogP contribution in [0.1, 0.15) is 5.56 Å². The summed E-state index contributed by atoms with van der Waals surface area (Å²) in [6.45, 7) is 1.90. The summed E-state index contributed by atoms with van der Waals surface area (Å²) in [7, 11) is 0. The highest BCUT2D eigenvalue weighted by molar-refractivity contribution is 6.33. The summed E-state index contributed by atoms with van der Waals surface area (Å²) in [6, 6.07) is 3.59. The summed E-state index contributed by atoms with van der Waals surface area (Å²) in [4.78, 5) is 11.6. The molecule has 0 unspecified atom stereocenters. The molecule has 2 heterocycles. The van der Waals surface area contributed by atoms with Crippen LogP contribution in [0.15, 0.2) is 18.3 Å². The molecule has 0 aliphatic carbocycles. The molecule has 0 fully saturated rings. The van der Waals surface area contributed by atoms with Gasteiger partial charge in [-0.1, -0.05) is 23.2 Å². The fraction of sp³-hybridized carbons (Fsp3) is 0.100. The van der Waals surface area contributed by atoms with Gasteiger partial charge >= 0.3 is 0 Å². The van der Waals surface area contributed by atoms with Crippen molar-refractivity contribution in [3.05, 3.63) is 40.0 Å². The van der Waals surface area contributed by atoms with Crippen LogP contribution in [-0.2, 0) is 0 Å². The van der Waals surface area contributed by atoms with Crippen LogP contribution in [0.4, 0.5) is 4.39 Å².